The van der Waals surface area contributed by atoms with Gasteiger partial charge in [0.1, 0.15) is 19.3 Å². The van der Waals surface area contributed by atoms with Gasteiger partial charge in [-0.1, -0.05) is 117 Å². The number of likely N-dealkylation sites (N-methyl/N-ethyl adjacent to an activating group) is 1. The summed E-state index contributed by atoms with van der Waals surface area (Å²) in [7, 11) is 1.27. The summed E-state index contributed by atoms with van der Waals surface area (Å²) in [6.45, 7) is 4.94. The molecule has 0 aromatic heterocycles. The average Bonchev–Trinajstić information content (AvgIpc) is 3.08. The quantitative estimate of drug-likeness (QED) is 0.0218. The minimum Gasteiger partial charge on any atom is -0.756 e. The lowest BCUT2D eigenvalue weighted by molar-refractivity contribution is -0.870. The number of rotatable bonds is 33. The van der Waals surface area contributed by atoms with Gasteiger partial charge in [0.05, 0.1) is 34.4 Å². The number of ether oxygens (including phenoxy) is 2. The number of esters is 1. The van der Waals surface area contributed by atoms with Gasteiger partial charge in [0.2, 0.25) is 0 Å². The number of nitrogens with zero attached hydrogens (tertiary/aromatic N) is 1. The van der Waals surface area contributed by atoms with E-state index < -0.39 is 19.9 Å². The van der Waals surface area contributed by atoms with Crippen LogP contribution in [0.1, 0.15) is 104 Å². The lowest BCUT2D eigenvalue weighted by atomic mass is 10.2. The highest BCUT2D eigenvalue weighted by atomic mass is 31.2. The largest absolute Gasteiger partial charge is 0.756 e. The van der Waals surface area contributed by atoms with Crippen molar-refractivity contribution in [2.75, 3.05) is 54.1 Å². The highest BCUT2D eigenvalue weighted by molar-refractivity contribution is 7.45. The Kier molecular flexibility index (Phi) is 32.8. The lowest BCUT2D eigenvalue weighted by Gasteiger charge is -2.28. The van der Waals surface area contributed by atoms with E-state index in [9.17, 15) is 14.3 Å². The first kappa shape index (κ1) is 48.4. The maximum absolute atomic E-state index is 12.6. The van der Waals surface area contributed by atoms with Crippen LogP contribution in [-0.2, 0) is 27.9 Å². The van der Waals surface area contributed by atoms with E-state index in [1.807, 2.05) is 33.3 Å². The molecule has 0 amide bonds. The van der Waals surface area contributed by atoms with Crippen LogP contribution in [0.5, 0.6) is 0 Å². The zero-order valence-corrected chi connectivity index (χ0v) is 33.4. The van der Waals surface area contributed by atoms with Crippen molar-refractivity contribution < 1.29 is 37.3 Å². The Bertz CT molecular complexity index is 1130. The van der Waals surface area contributed by atoms with Gasteiger partial charge < -0.3 is 27.9 Å². The second kappa shape index (κ2) is 34.5. The van der Waals surface area contributed by atoms with E-state index in [0.29, 0.717) is 24.1 Å². The fourth-order valence-corrected chi connectivity index (χ4v) is 4.98. The standard InChI is InChI=1S/C42H70NO7P/c1-6-8-10-12-14-16-18-20-21-22-24-26-28-30-32-34-37-47-39-41(40-49-51(45,46)48-38-36-43(3,4)5)50-42(44)35-33-31-29-27-25-23-19-17-15-13-11-9-7-2/h8-11,14-17,20-21,23-26,29,31,41H,6-7,12-13,18-19,22,27-28,30,32-40H2,1-5H3/b10-8-,11-9-,16-14-,17-15-,21-20-,25-23-,26-24-,31-29-. The second-order valence-electron chi connectivity index (χ2n) is 13.2. The van der Waals surface area contributed by atoms with Gasteiger partial charge in [-0.3, -0.25) is 9.36 Å². The summed E-state index contributed by atoms with van der Waals surface area (Å²) in [5.41, 5.74) is 0. The first-order valence-electron chi connectivity index (χ1n) is 19.0. The number of hydrogen-bond acceptors (Lipinski definition) is 7. The third-order valence-corrected chi connectivity index (χ3v) is 8.11. The van der Waals surface area contributed by atoms with E-state index in [4.69, 9.17) is 18.5 Å². The number of phosphoric acid groups is 1. The van der Waals surface area contributed by atoms with Crippen LogP contribution in [-0.4, -0.2) is 70.7 Å². The molecule has 0 rings (SSSR count). The number of carbonyl (C=O) groups is 1. The zero-order chi connectivity index (χ0) is 37.7. The molecule has 0 aliphatic heterocycles. The number of phosphoric ester groups is 1. The van der Waals surface area contributed by atoms with Crippen molar-refractivity contribution in [3.8, 4) is 0 Å². The van der Waals surface area contributed by atoms with E-state index in [1.54, 1.807) is 0 Å². The third-order valence-electron chi connectivity index (χ3n) is 7.14. The fourth-order valence-electron chi connectivity index (χ4n) is 4.25. The normalized spacial score (nSPS) is 15.0. The summed E-state index contributed by atoms with van der Waals surface area (Å²) in [4.78, 5) is 24.9. The van der Waals surface area contributed by atoms with Gasteiger partial charge in [-0.15, -0.1) is 0 Å². The molecule has 0 saturated carbocycles. The van der Waals surface area contributed by atoms with E-state index >= 15 is 0 Å². The molecule has 8 nitrogen and oxygen atoms in total. The average molecular weight is 732 g/mol. The molecule has 0 spiro atoms. The van der Waals surface area contributed by atoms with Gasteiger partial charge in [0.25, 0.3) is 7.82 Å². The van der Waals surface area contributed by atoms with Gasteiger partial charge in [-0.25, -0.2) is 0 Å². The number of quaternary nitrogens is 1. The summed E-state index contributed by atoms with van der Waals surface area (Å²) in [6.07, 6.45) is 45.9. The number of unbranched alkanes of at least 4 members (excludes halogenated alkanes) is 3. The number of carbonyl (C=O) groups excluding carboxylic acids is 1. The molecule has 0 aliphatic rings. The Balaban J connectivity index is 4.50. The molecular weight excluding hydrogens is 661 g/mol. The maximum Gasteiger partial charge on any atom is 0.306 e. The molecule has 51 heavy (non-hydrogen) atoms. The molecule has 290 valence electrons. The first-order chi connectivity index (χ1) is 24.6. The summed E-state index contributed by atoms with van der Waals surface area (Å²) < 4.78 is 34.3. The molecular formula is C42H70NO7P. The maximum atomic E-state index is 12.6. The molecule has 0 fully saturated rings. The van der Waals surface area contributed by atoms with Crippen LogP contribution >= 0.6 is 7.82 Å². The molecule has 0 aliphatic carbocycles. The van der Waals surface area contributed by atoms with Crippen LogP contribution in [0, 0.1) is 0 Å². The number of allylic oxidation sites excluding steroid dienone is 16. The van der Waals surface area contributed by atoms with Crippen molar-refractivity contribution in [1.29, 1.82) is 0 Å². The predicted molar refractivity (Wildman–Crippen MR) is 212 cm³/mol. The number of hydrogen-bond donors (Lipinski definition) is 0. The molecule has 0 radical (unpaired) electrons. The molecule has 2 unspecified atom stereocenters. The molecule has 0 bridgehead atoms. The van der Waals surface area contributed by atoms with Crippen LogP contribution in [0.25, 0.3) is 0 Å². The third kappa shape index (κ3) is 38.5. The molecule has 0 saturated heterocycles. The van der Waals surface area contributed by atoms with Crippen molar-refractivity contribution in [2.45, 2.75) is 110 Å². The fraction of sp³-hybridized carbons (Fsp3) is 0.595. The van der Waals surface area contributed by atoms with Crippen molar-refractivity contribution in [2.24, 2.45) is 0 Å². The topological polar surface area (TPSA) is 94.1 Å². The summed E-state index contributed by atoms with van der Waals surface area (Å²) in [5.74, 6) is -0.431. The Morgan fingerprint density at radius 1 is 0.608 bits per heavy atom. The monoisotopic (exact) mass is 731 g/mol. The summed E-state index contributed by atoms with van der Waals surface area (Å²) >= 11 is 0. The SMILES string of the molecule is CC/C=C\C/C=C\C/C=C\C/C=C\CCCCCOCC(COP(=O)([O-])OCC[N+](C)(C)C)OC(=O)CC/C=C\C/C=C\C/C=C\C/C=C\CC. The van der Waals surface area contributed by atoms with Gasteiger partial charge in [-0.05, 0) is 77.0 Å². The Morgan fingerprint density at radius 3 is 1.57 bits per heavy atom. The smallest absolute Gasteiger partial charge is 0.306 e. The predicted octanol–water partition coefficient (Wildman–Crippen LogP) is 10.1. The minimum atomic E-state index is -4.55. The van der Waals surface area contributed by atoms with Crippen LogP contribution < -0.4 is 4.89 Å². The van der Waals surface area contributed by atoms with Crippen LogP contribution in [0.4, 0.5) is 0 Å². The summed E-state index contributed by atoms with van der Waals surface area (Å²) in [6, 6.07) is 0. The highest BCUT2D eigenvalue weighted by Crippen LogP contribution is 2.38. The van der Waals surface area contributed by atoms with Crippen molar-refractivity contribution >= 4 is 13.8 Å². The Hall–Kier alpha value is -2.58. The van der Waals surface area contributed by atoms with Crippen LogP contribution in [0.2, 0.25) is 0 Å². The Labute approximate surface area is 311 Å². The molecule has 2 atom stereocenters. The van der Waals surface area contributed by atoms with Crippen LogP contribution in [0.15, 0.2) is 97.2 Å². The Morgan fingerprint density at radius 2 is 1.08 bits per heavy atom. The van der Waals surface area contributed by atoms with Gasteiger partial charge in [-0.2, -0.15) is 0 Å². The zero-order valence-electron chi connectivity index (χ0n) is 32.5. The van der Waals surface area contributed by atoms with Gasteiger partial charge in [0, 0.05) is 13.0 Å². The second-order valence-corrected chi connectivity index (χ2v) is 14.6. The van der Waals surface area contributed by atoms with E-state index in [0.717, 1.165) is 77.0 Å². The molecule has 0 N–H and O–H groups in total. The van der Waals surface area contributed by atoms with Crippen LogP contribution in [0.3, 0.4) is 0 Å². The van der Waals surface area contributed by atoms with Gasteiger partial charge >= 0.3 is 5.97 Å². The van der Waals surface area contributed by atoms with E-state index in [-0.39, 0.29) is 26.2 Å². The summed E-state index contributed by atoms with van der Waals surface area (Å²) in [5, 5.41) is 0. The van der Waals surface area contributed by atoms with Crippen molar-refractivity contribution in [1.82, 2.24) is 0 Å². The first-order valence-corrected chi connectivity index (χ1v) is 20.4. The van der Waals surface area contributed by atoms with Gasteiger partial charge in [0.15, 0.2) is 0 Å². The minimum absolute atomic E-state index is 0.00101. The molecule has 0 aromatic carbocycles. The molecule has 9 heteroatoms. The van der Waals surface area contributed by atoms with E-state index in [2.05, 4.69) is 98.9 Å². The highest BCUT2D eigenvalue weighted by Gasteiger charge is 2.20. The van der Waals surface area contributed by atoms with Crippen molar-refractivity contribution in [3.63, 3.8) is 0 Å². The van der Waals surface area contributed by atoms with E-state index in [1.165, 1.54) is 0 Å². The van der Waals surface area contributed by atoms with Crippen molar-refractivity contribution in [3.05, 3.63) is 97.2 Å². The molecule has 0 heterocycles. The molecule has 0 aromatic rings. The lowest BCUT2D eigenvalue weighted by Crippen LogP contribution is -2.37.